The highest BCUT2D eigenvalue weighted by Gasteiger charge is 2.04. The van der Waals surface area contributed by atoms with E-state index in [1.165, 1.54) is 6.08 Å². The summed E-state index contributed by atoms with van der Waals surface area (Å²) in [5.41, 5.74) is 2.30. The zero-order chi connectivity index (χ0) is 17.9. The zero-order valence-corrected chi connectivity index (χ0v) is 14.5. The Morgan fingerprint density at radius 3 is 2.36 bits per heavy atom. The number of carbonyl (C=O) groups excluding carboxylic acids is 2. The number of amides is 2. The molecule has 4 nitrogen and oxygen atoms in total. The highest BCUT2D eigenvalue weighted by atomic mass is 16.2. The van der Waals surface area contributed by atoms with Gasteiger partial charge in [0, 0.05) is 23.9 Å². The first kappa shape index (κ1) is 18.5. The van der Waals surface area contributed by atoms with Crippen molar-refractivity contribution in [2.75, 3.05) is 10.6 Å². The second-order valence-corrected chi connectivity index (χ2v) is 5.82. The smallest absolute Gasteiger partial charge is 0.248 e. The quantitative estimate of drug-likeness (QED) is 0.534. The standard InChI is InChI=1S/C21H24N2O2/c1-2-3-5-13-20(24)22-18-11-8-12-19(16-18)23-21(25)15-14-17-9-6-4-7-10-17/h4,6-12,14-16H,2-3,5,13H2,1H3,(H,22,24)(H,23,25)/b15-14+. The summed E-state index contributed by atoms with van der Waals surface area (Å²) in [5.74, 6) is -0.212. The first-order valence-corrected chi connectivity index (χ1v) is 8.61. The summed E-state index contributed by atoms with van der Waals surface area (Å²) < 4.78 is 0. The first-order valence-electron chi connectivity index (χ1n) is 8.61. The van der Waals surface area contributed by atoms with Crippen LogP contribution < -0.4 is 10.6 Å². The number of unbranched alkanes of at least 4 members (excludes halogenated alkanes) is 2. The van der Waals surface area contributed by atoms with Gasteiger partial charge in [-0.05, 0) is 36.3 Å². The van der Waals surface area contributed by atoms with Gasteiger partial charge in [0.25, 0.3) is 0 Å². The van der Waals surface area contributed by atoms with Gasteiger partial charge in [0.05, 0.1) is 0 Å². The Morgan fingerprint density at radius 1 is 0.920 bits per heavy atom. The average molecular weight is 336 g/mol. The number of nitrogens with one attached hydrogen (secondary N) is 2. The van der Waals surface area contributed by atoms with Gasteiger partial charge in [-0.2, -0.15) is 0 Å². The van der Waals surface area contributed by atoms with Crippen molar-refractivity contribution >= 4 is 29.3 Å². The third kappa shape index (κ3) is 7.04. The van der Waals surface area contributed by atoms with Gasteiger partial charge in [0.2, 0.25) is 11.8 Å². The average Bonchev–Trinajstić information content (AvgIpc) is 2.61. The molecule has 4 heteroatoms. The number of hydrogen-bond acceptors (Lipinski definition) is 2. The molecule has 2 amide bonds. The fourth-order valence-electron chi connectivity index (χ4n) is 2.35. The Hall–Kier alpha value is -2.88. The number of anilines is 2. The number of rotatable bonds is 8. The molecule has 0 atom stereocenters. The second kappa shape index (κ2) is 10.1. The van der Waals surface area contributed by atoms with Crippen LogP contribution in [-0.2, 0) is 9.59 Å². The molecule has 0 heterocycles. The van der Waals surface area contributed by atoms with Crippen molar-refractivity contribution in [3.63, 3.8) is 0 Å². The maximum absolute atomic E-state index is 12.0. The molecule has 0 fully saturated rings. The molecule has 0 radical (unpaired) electrons. The van der Waals surface area contributed by atoms with Crippen LogP contribution in [0.1, 0.15) is 38.2 Å². The molecule has 2 aromatic rings. The molecule has 0 saturated carbocycles. The van der Waals surface area contributed by atoms with Gasteiger partial charge in [-0.15, -0.1) is 0 Å². The van der Waals surface area contributed by atoms with Crippen molar-refractivity contribution in [1.82, 2.24) is 0 Å². The first-order chi connectivity index (χ1) is 12.2. The lowest BCUT2D eigenvalue weighted by Crippen LogP contribution is -2.12. The van der Waals surface area contributed by atoms with E-state index in [2.05, 4.69) is 17.6 Å². The highest BCUT2D eigenvalue weighted by molar-refractivity contribution is 6.02. The predicted octanol–water partition coefficient (Wildman–Crippen LogP) is 4.86. The van der Waals surface area contributed by atoms with Crippen molar-refractivity contribution in [1.29, 1.82) is 0 Å². The molecule has 0 aliphatic heterocycles. The largest absolute Gasteiger partial charge is 0.326 e. The lowest BCUT2D eigenvalue weighted by molar-refractivity contribution is -0.116. The Labute approximate surface area is 149 Å². The molecule has 0 aliphatic carbocycles. The minimum absolute atomic E-state index is 0.000833. The maximum Gasteiger partial charge on any atom is 0.248 e. The minimum atomic E-state index is -0.213. The van der Waals surface area contributed by atoms with Gasteiger partial charge in [-0.25, -0.2) is 0 Å². The molecule has 2 N–H and O–H groups in total. The van der Waals surface area contributed by atoms with E-state index in [9.17, 15) is 9.59 Å². The van der Waals surface area contributed by atoms with E-state index in [4.69, 9.17) is 0 Å². The van der Waals surface area contributed by atoms with E-state index in [-0.39, 0.29) is 11.8 Å². The molecule has 0 saturated heterocycles. The summed E-state index contributed by atoms with van der Waals surface area (Å²) in [6.45, 7) is 2.11. The van der Waals surface area contributed by atoms with Crippen LogP contribution in [-0.4, -0.2) is 11.8 Å². The molecule has 130 valence electrons. The van der Waals surface area contributed by atoms with Gasteiger partial charge in [0.1, 0.15) is 0 Å². The predicted molar refractivity (Wildman–Crippen MR) is 103 cm³/mol. The Bertz CT molecular complexity index is 724. The van der Waals surface area contributed by atoms with E-state index < -0.39 is 0 Å². The van der Waals surface area contributed by atoms with Crippen LogP contribution in [0, 0.1) is 0 Å². The lowest BCUT2D eigenvalue weighted by atomic mass is 10.2. The molecule has 0 aromatic heterocycles. The van der Waals surface area contributed by atoms with Crippen molar-refractivity contribution in [3.8, 4) is 0 Å². The molecule has 25 heavy (non-hydrogen) atoms. The summed E-state index contributed by atoms with van der Waals surface area (Å²) in [4.78, 5) is 23.9. The van der Waals surface area contributed by atoms with Crippen molar-refractivity contribution < 1.29 is 9.59 Å². The zero-order valence-electron chi connectivity index (χ0n) is 14.5. The molecule has 2 aromatic carbocycles. The van der Waals surface area contributed by atoms with Crippen LogP contribution in [0.3, 0.4) is 0 Å². The molecular formula is C21H24N2O2. The normalized spacial score (nSPS) is 10.6. The highest BCUT2D eigenvalue weighted by Crippen LogP contribution is 2.16. The van der Waals surface area contributed by atoms with Crippen LogP contribution in [0.2, 0.25) is 0 Å². The van der Waals surface area contributed by atoms with E-state index in [0.29, 0.717) is 17.8 Å². The van der Waals surface area contributed by atoms with E-state index in [0.717, 1.165) is 24.8 Å². The topological polar surface area (TPSA) is 58.2 Å². The van der Waals surface area contributed by atoms with Gasteiger partial charge >= 0.3 is 0 Å². The van der Waals surface area contributed by atoms with Crippen molar-refractivity contribution in [2.45, 2.75) is 32.6 Å². The van der Waals surface area contributed by atoms with E-state index >= 15 is 0 Å². The Balaban J connectivity index is 1.89. The van der Waals surface area contributed by atoms with Gasteiger partial charge in [-0.3, -0.25) is 9.59 Å². The third-order valence-electron chi connectivity index (χ3n) is 3.65. The van der Waals surface area contributed by atoms with Gasteiger partial charge < -0.3 is 10.6 Å². The molecular weight excluding hydrogens is 312 g/mol. The van der Waals surface area contributed by atoms with Crippen LogP contribution in [0.25, 0.3) is 6.08 Å². The number of carbonyl (C=O) groups is 2. The van der Waals surface area contributed by atoms with Crippen LogP contribution in [0.15, 0.2) is 60.7 Å². The van der Waals surface area contributed by atoms with E-state index in [1.54, 1.807) is 24.3 Å². The molecule has 0 bridgehead atoms. The molecule has 0 aliphatic rings. The van der Waals surface area contributed by atoms with Gasteiger partial charge in [-0.1, -0.05) is 56.2 Å². The summed E-state index contributed by atoms with van der Waals surface area (Å²) in [6.07, 6.45) is 6.80. The third-order valence-corrected chi connectivity index (χ3v) is 3.65. The Morgan fingerprint density at radius 2 is 1.64 bits per heavy atom. The van der Waals surface area contributed by atoms with Crippen LogP contribution in [0.4, 0.5) is 11.4 Å². The molecule has 0 unspecified atom stereocenters. The van der Waals surface area contributed by atoms with Crippen molar-refractivity contribution in [3.05, 3.63) is 66.2 Å². The Kier molecular flexibility index (Phi) is 7.44. The summed E-state index contributed by atoms with van der Waals surface area (Å²) in [6, 6.07) is 16.8. The van der Waals surface area contributed by atoms with Crippen molar-refractivity contribution in [2.24, 2.45) is 0 Å². The minimum Gasteiger partial charge on any atom is -0.326 e. The van der Waals surface area contributed by atoms with Crippen LogP contribution in [0.5, 0.6) is 0 Å². The SMILES string of the molecule is CCCCCC(=O)Nc1cccc(NC(=O)/C=C/c2ccccc2)c1. The van der Waals surface area contributed by atoms with Crippen LogP contribution >= 0.6 is 0 Å². The molecule has 2 rings (SSSR count). The summed E-state index contributed by atoms with van der Waals surface area (Å²) in [7, 11) is 0. The van der Waals surface area contributed by atoms with Gasteiger partial charge in [0.15, 0.2) is 0 Å². The maximum atomic E-state index is 12.0. The lowest BCUT2D eigenvalue weighted by Gasteiger charge is -2.08. The fourth-order valence-corrected chi connectivity index (χ4v) is 2.35. The second-order valence-electron chi connectivity index (χ2n) is 5.82. The summed E-state index contributed by atoms with van der Waals surface area (Å²) in [5, 5.41) is 5.67. The number of benzene rings is 2. The molecule has 0 spiro atoms. The van der Waals surface area contributed by atoms with E-state index in [1.807, 2.05) is 36.4 Å². The fraction of sp³-hybridized carbons (Fsp3) is 0.238. The monoisotopic (exact) mass is 336 g/mol. The number of hydrogen-bond donors (Lipinski definition) is 2. The summed E-state index contributed by atoms with van der Waals surface area (Å²) >= 11 is 0.